The molecule has 3 rings (SSSR count). The number of aryl methyl sites for hydroxylation is 2. The van der Waals surface area contributed by atoms with Crippen molar-refractivity contribution < 1.29 is 9.26 Å². The van der Waals surface area contributed by atoms with Crippen LogP contribution < -0.4 is 15.4 Å². The average molecular weight is 370 g/mol. The van der Waals surface area contributed by atoms with Gasteiger partial charge in [-0.25, -0.2) is 0 Å². The third-order valence-electron chi connectivity index (χ3n) is 4.84. The highest BCUT2D eigenvalue weighted by atomic mass is 16.5. The summed E-state index contributed by atoms with van der Waals surface area (Å²) in [6, 6.07) is 8.38. The number of para-hydroxylation sites is 1. The fraction of sp³-hybridized carbons (Fsp3) is 0.524. The topological polar surface area (TPSA) is 71.7 Å². The van der Waals surface area contributed by atoms with Gasteiger partial charge in [0.1, 0.15) is 17.1 Å². The zero-order valence-corrected chi connectivity index (χ0v) is 16.9. The lowest BCUT2D eigenvalue weighted by molar-refractivity contribution is 0.0694. The summed E-state index contributed by atoms with van der Waals surface area (Å²) in [7, 11) is 0. The van der Waals surface area contributed by atoms with Crippen LogP contribution in [0.5, 0.6) is 5.75 Å². The minimum atomic E-state index is -0.222. The van der Waals surface area contributed by atoms with E-state index in [1.54, 1.807) is 0 Å². The molecule has 0 radical (unpaired) electrons. The van der Waals surface area contributed by atoms with Gasteiger partial charge in [-0.1, -0.05) is 23.4 Å². The highest BCUT2D eigenvalue weighted by Gasteiger charge is 2.33. The van der Waals surface area contributed by atoms with Crippen molar-refractivity contribution in [1.29, 1.82) is 0 Å². The van der Waals surface area contributed by atoms with E-state index in [0.717, 1.165) is 48.1 Å². The van der Waals surface area contributed by atoms with Crippen LogP contribution in [-0.4, -0.2) is 29.8 Å². The number of aromatic nitrogens is 1. The predicted molar refractivity (Wildman–Crippen MR) is 107 cm³/mol. The predicted octanol–water partition coefficient (Wildman–Crippen LogP) is 3.69. The van der Waals surface area contributed by atoms with Crippen LogP contribution in [0.25, 0.3) is 0 Å². The van der Waals surface area contributed by atoms with Crippen molar-refractivity contribution in [2.24, 2.45) is 4.99 Å². The van der Waals surface area contributed by atoms with Gasteiger partial charge in [-0.15, -0.1) is 0 Å². The standard InChI is InChI=1S/C21H30N4O2/c1-6-22-20(23-12-11-16-14(2)25-27-15(16)3)24-18-13-21(4,5)26-19-10-8-7-9-17(18)19/h7-10,18H,6,11-13H2,1-5H3,(H2,22,23,24). The highest BCUT2D eigenvalue weighted by Crippen LogP contribution is 2.39. The molecule has 0 bridgehead atoms. The van der Waals surface area contributed by atoms with Gasteiger partial charge < -0.3 is 19.9 Å². The molecule has 0 amide bonds. The van der Waals surface area contributed by atoms with Crippen LogP contribution in [0.3, 0.4) is 0 Å². The number of hydrogen-bond donors (Lipinski definition) is 2. The SMILES string of the molecule is CCNC(=NCCc1c(C)noc1C)NC1CC(C)(C)Oc2ccccc21. The Bertz CT molecular complexity index is 791. The first-order chi connectivity index (χ1) is 12.9. The molecule has 2 heterocycles. The number of hydrogen-bond acceptors (Lipinski definition) is 4. The lowest BCUT2D eigenvalue weighted by atomic mass is 9.90. The normalized spacial score (nSPS) is 18.6. The summed E-state index contributed by atoms with van der Waals surface area (Å²) in [4.78, 5) is 4.77. The Labute approximate surface area is 161 Å². The molecule has 0 fully saturated rings. The van der Waals surface area contributed by atoms with E-state index >= 15 is 0 Å². The van der Waals surface area contributed by atoms with Crippen molar-refractivity contribution in [1.82, 2.24) is 15.8 Å². The van der Waals surface area contributed by atoms with Crippen molar-refractivity contribution in [3.63, 3.8) is 0 Å². The Balaban J connectivity index is 1.74. The minimum Gasteiger partial charge on any atom is -0.487 e. The molecule has 0 aliphatic carbocycles. The van der Waals surface area contributed by atoms with E-state index < -0.39 is 0 Å². The van der Waals surface area contributed by atoms with Crippen LogP contribution in [0.1, 0.15) is 55.8 Å². The maximum absolute atomic E-state index is 6.13. The largest absolute Gasteiger partial charge is 0.487 e. The van der Waals surface area contributed by atoms with Crippen LogP contribution in [0.2, 0.25) is 0 Å². The summed E-state index contributed by atoms with van der Waals surface area (Å²) in [5.41, 5.74) is 3.04. The van der Waals surface area contributed by atoms with Crippen LogP contribution in [0, 0.1) is 13.8 Å². The summed E-state index contributed by atoms with van der Waals surface area (Å²) < 4.78 is 11.4. The van der Waals surface area contributed by atoms with Crippen molar-refractivity contribution >= 4 is 5.96 Å². The molecule has 6 heteroatoms. The fourth-order valence-electron chi connectivity index (χ4n) is 3.55. The van der Waals surface area contributed by atoms with Gasteiger partial charge >= 0.3 is 0 Å². The number of benzene rings is 1. The molecule has 1 unspecified atom stereocenters. The van der Waals surface area contributed by atoms with E-state index in [1.807, 2.05) is 26.0 Å². The molecule has 1 aliphatic heterocycles. The first-order valence-corrected chi connectivity index (χ1v) is 9.64. The maximum atomic E-state index is 6.13. The van der Waals surface area contributed by atoms with Gasteiger partial charge in [0.25, 0.3) is 0 Å². The summed E-state index contributed by atoms with van der Waals surface area (Å²) in [6.07, 6.45) is 1.69. The third-order valence-corrected chi connectivity index (χ3v) is 4.84. The number of guanidine groups is 1. The molecule has 2 N–H and O–H groups in total. The summed E-state index contributed by atoms with van der Waals surface area (Å²) in [6.45, 7) is 11.7. The molecule has 6 nitrogen and oxygen atoms in total. The fourth-order valence-corrected chi connectivity index (χ4v) is 3.55. The van der Waals surface area contributed by atoms with E-state index in [0.29, 0.717) is 6.54 Å². The number of fused-ring (bicyclic) bond motifs is 1. The minimum absolute atomic E-state index is 0.154. The second kappa shape index (κ2) is 8.03. The molecule has 0 saturated carbocycles. The molecule has 27 heavy (non-hydrogen) atoms. The van der Waals surface area contributed by atoms with E-state index in [4.69, 9.17) is 14.3 Å². The molecule has 1 aromatic heterocycles. The molecule has 1 aromatic carbocycles. The van der Waals surface area contributed by atoms with Crippen molar-refractivity contribution in [3.8, 4) is 5.75 Å². The Morgan fingerprint density at radius 1 is 1.30 bits per heavy atom. The van der Waals surface area contributed by atoms with E-state index in [2.05, 4.69) is 48.7 Å². The molecule has 2 aromatic rings. The zero-order chi connectivity index (χ0) is 19.4. The lowest BCUT2D eigenvalue weighted by Gasteiger charge is -2.38. The number of rotatable bonds is 5. The van der Waals surface area contributed by atoms with E-state index in [1.165, 1.54) is 5.56 Å². The molecule has 146 valence electrons. The van der Waals surface area contributed by atoms with Crippen molar-refractivity contribution in [3.05, 3.63) is 46.8 Å². The number of nitrogens with one attached hydrogen (secondary N) is 2. The smallest absolute Gasteiger partial charge is 0.191 e. The molecule has 0 saturated heterocycles. The second-order valence-corrected chi connectivity index (χ2v) is 7.61. The summed E-state index contributed by atoms with van der Waals surface area (Å²) >= 11 is 0. The maximum Gasteiger partial charge on any atom is 0.191 e. The summed E-state index contributed by atoms with van der Waals surface area (Å²) in [5.74, 6) is 2.64. The summed E-state index contributed by atoms with van der Waals surface area (Å²) in [5, 5.41) is 11.0. The van der Waals surface area contributed by atoms with E-state index in [9.17, 15) is 0 Å². The van der Waals surface area contributed by atoms with Gasteiger partial charge in [0, 0.05) is 30.6 Å². The van der Waals surface area contributed by atoms with E-state index in [-0.39, 0.29) is 11.6 Å². The molecular formula is C21H30N4O2. The first-order valence-electron chi connectivity index (χ1n) is 9.64. The Morgan fingerprint density at radius 2 is 2.07 bits per heavy atom. The number of nitrogens with zero attached hydrogens (tertiary/aromatic N) is 2. The van der Waals surface area contributed by atoms with Crippen LogP contribution >= 0.6 is 0 Å². The molecule has 0 spiro atoms. The van der Waals surface area contributed by atoms with Gasteiger partial charge in [-0.2, -0.15) is 0 Å². The Morgan fingerprint density at radius 3 is 2.78 bits per heavy atom. The highest BCUT2D eigenvalue weighted by molar-refractivity contribution is 5.80. The van der Waals surface area contributed by atoms with Crippen LogP contribution in [0.4, 0.5) is 0 Å². The average Bonchev–Trinajstić information content (AvgIpc) is 2.93. The van der Waals surface area contributed by atoms with Gasteiger partial charge in [0.2, 0.25) is 0 Å². The van der Waals surface area contributed by atoms with Gasteiger partial charge in [-0.05, 0) is 47.1 Å². The lowest BCUT2D eigenvalue weighted by Crippen LogP contribution is -2.45. The quantitative estimate of drug-likeness (QED) is 0.620. The van der Waals surface area contributed by atoms with Crippen LogP contribution in [-0.2, 0) is 6.42 Å². The number of ether oxygens (including phenoxy) is 1. The van der Waals surface area contributed by atoms with Gasteiger partial charge in [0.15, 0.2) is 5.96 Å². The van der Waals surface area contributed by atoms with Crippen molar-refractivity contribution in [2.45, 2.75) is 59.1 Å². The van der Waals surface area contributed by atoms with Crippen molar-refractivity contribution in [2.75, 3.05) is 13.1 Å². The third kappa shape index (κ3) is 4.62. The molecular weight excluding hydrogens is 340 g/mol. The monoisotopic (exact) mass is 370 g/mol. The second-order valence-electron chi connectivity index (χ2n) is 7.61. The first kappa shape index (κ1) is 19.3. The van der Waals surface area contributed by atoms with Gasteiger partial charge in [0.05, 0.1) is 11.7 Å². The molecule has 1 atom stereocenters. The Kier molecular flexibility index (Phi) is 5.73. The number of aliphatic imine (C=N–C) groups is 1. The Hall–Kier alpha value is -2.50. The zero-order valence-electron chi connectivity index (χ0n) is 16.9. The van der Waals surface area contributed by atoms with Gasteiger partial charge in [-0.3, -0.25) is 4.99 Å². The van der Waals surface area contributed by atoms with Crippen LogP contribution in [0.15, 0.2) is 33.8 Å². The molecule has 1 aliphatic rings.